The minimum absolute atomic E-state index is 0.202. The van der Waals surface area contributed by atoms with Gasteiger partial charge in [-0.3, -0.25) is 4.55 Å². The summed E-state index contributed by atoms with van der Waals surface area (Å²) < 4.78 is 96.1. The first kappa shape index (κ1) is 23.6. The fraction of sp³-hybridized carbons (Fsp3) is 0.143. The highest BCUT2D eigenvalue weighted by Crippen LogP contribution is 2.37. The molecule has 1 N–H and O–H groups in total. The van der Waals surface area contributed by atoms with E-state index in [0.29, 0.717) is 23.3 Å². The molecule has 0 saturated heterocycles. The maximum absolute atomic E-state index is 14.2. The standard InChI is InChI=1S/C21H18F2O7S2/c1-14-7-10-17(13-18(14)21(22,23)32(26,27)28)31(24,25)16-11-8-15(9-12-16)30-20-6-4-3-5-19(20)29-2/h3-13H,1-2H3,(H,26,27,28). The van der Waals surface area contributed by atoms with E-state index in [1.807, 2.05) is 0 Å². The predicted octanol–water partition coefficient (Wildman–Crippen LogP) is 4.57. The van der Waals surface area contributed by atoms with Gasteiger partial charge in [-0.15, -0.1) is 0 Å². The number of benzene rings is 3. The van der Waals surface area contributed by atoms with Gasteiger partial charge in [0.25, 0.3) is 0 Å². The Morgan fingerprint density at radius 1 is 0.844 bits per heavy atom. The summed E-state index contributed by atoms with van der Waals surface area (Å²) in [6.45, 7) is 1.18. The second kappa shape index (κ2) is 8.49. The molecule has 0 aliphatic heterocycles. The second-order valence-electron chi connectivity index (χ2n) is 6.70. The van der Waals surface area contributed by atoms with E-state index in [1.165, 1.54) is 38.3 Å². The molecule has 170 valence electrons. The van der Waals surface area contributed by atoms with Crippen molar-refractivity contribution in [2.24, 2.45) is 0 Å². The van der Waals surface area contributed by atoms with Gasteiger partial charge in [-0.05, 0) is 61.0 Å². The number of sulfone groups is 1. The van der Waals surface area contributed by atoms with Crippen molar-refractivity contribution in [3.63, 3.8) is 0 Å². The summed E-state index contributed by atoms with van der Waals surface area (Å²) >= 11 is 0. The molecule has 3 aromatic carbocycles. The molecule has 0 fully saturated rings. The molecule has 0 radical (unpaired) electrons. The topological polar surface area (TPSA) is 107 Å². The van der Waals surface area contributed by atoms with Crippen LogP contribution in [-0.2, 0) is 25.2 Å². The average Bonchev–Trinajstić information content (AvgIpc) is 2.73. The Morgan fingerprint density at radius 3 is 1.97 bits per heavy atom. The number of alkyl halides is 2. The third kappa shape index (κ3) is 4.45. The van der Waals surface area contributed by atoms with Gasteiger partial charge in [0.2, 0.25) is 9.84 Å². The van der Waals surface area contributed by atoms with Crippen LogP contribution in [0.3, 0.4) is 0 Å². The Kier molecular flexibility index (Phi) is 6.27. The molecular formula is C21H18F2O7S2. The zero-order valence-electron chi connectivity index (χ0n) is 16.8. The molecule has 0 atom stereocenters. The van der Waals surface area contributed by atoms with Gasteiger partial charge >= 0.3 is 15.4 Å². The van der Waals surface area contributed by atoms with Gasteiger partial charge in [0.1, 0.15) is 5.75 Å². The molecule has 0 unspecified atom stereocenters. The molecule has 0 spiro atoms. The first-order valence-corrected chi connectivity index (χ1v) is 11.9. The zero-order valence-corrected chi connectivity index (χ0v) is 18.5. The third-order valence-corrected chi connectivity index (χ3v) is 7.22. The molecule has 0 aliphatic carbocycles. The van der Waals surface area contributed by atoms with E-state index in [0.717, 1.165) is 12.1 Å². The van der Waals surface area contributed by atoms with Crippen molar-refractivity contribution in [1.29, 1.82) is 0 Å². The first-order valence-electron chi connectivity index (χ1n) is 9.00. The summed E-state index contributed by atoms with van der Waals surface area (Å²) in [4.78, 5) is -0.783. The van der Waals surface area contributed by atoms with Gasteiger partial charge in [0.15, 0.2) is 11.5 Å². The minimum Gasteiger partial charge on any atom is -0.493 e. The number of halogens is 2. The van der Waals surface area contributed by atoms with Crippen LogP contribution >= 0.6 is 0 Å². The molecule has 0 aromatic heterocycles. The van der Waals surface area contributed by atoms with Crippen molar-refractivity contribution in [1.82, 2.24) is 0 Å². The second-order valence-corrected chi connectivity index (χ2v) is 10.1. The smallest absolute Gasteiger partial charge is 0.395 e. The molecule has 0 bridgehead atoms. The maximum atomic E-state index is 14.2. The summed E-state index contributed by atoms with van der Waals surface area (Å²) in [6, 6.07) is 14.7. The highest BCUT2D eigenvalue weighted by Gasteiger charge is 2.47. The van der Waals surface area contributed by atoms with Gasteiger partial charge in [-0.2, -0.15) is 17.2 Å². The van der Waals surface area contributed by atoms with E-state index in [4.69, 9.17) is 14.0 Å². The Hall–Kier alpha value is -3.02. The fourth-order valence-corrected chi connectivity index (χ4v) is 4.66. The van der Waals surface area contributed by atoms with E-state index >= 15 is 0 Å². The molecule has 7 nitrogen and oxygen atoms in total. The number of hydrogen-bond donors (Lipinski definition) is 1. The number of rotatable bonds is 7. The first-order chi connectivity index (χ1) is 14.9. The van der Waals surface area contributed by atoms with Crippen molar-refractivity contribution in [2.45, 2.75) is 22.0 Å². The summed E-state index contributed by atoms with van der Waals surface area (Å²) in [5.41, 5.74) is -1.33. The van der Waals surface area contributed by atoms with Gasteiger partial charge in [0, 0.05) is 5.56 Å². The van der Waals surface area contributed by atoms with Crippen LogP contribution in [0.2, 0.25) is 0 Å². The summed E-state index contributed by atoms with van der Waals surface area (Å²) in [5, 5.41) is -4.67. The quantitative estimate of drug-likeness (QED) is 0.490. The normalized spacial score (nSPS) is 12.4. The lowest BCUT2D eigenvalue weighted by Crippen LogP contribution is -2.26. The number of hydrogen-bond acceptors (Lipinski definition) is 6. The van der Waals surface area contributed by atoms with Crippen molar-refractivity contribution < 1.29 is 39.6 Å². The van der Waals surface area contributed by atoms with Crippen LogP contribution < -0.4 is 9.47 Å². The van der Waals surface area contributed by atoms with Crippen LogP contribution in [0, 0.1) is 6.92 Å². The summed E-state index contributed by atoms with van der Waals surface area (Å²) in [6.07, 6.45) is 0. The SMILES string of the molecule is COc1ccccc1Oc1ccc(S(=O)(=O)c2ccc(C)c(C(F)(F)S(=O)(=O)O)c2)cc1. The molecule has 3 rings (SSSR count). The molecule has 11 heteroatoms. The number of methoxy groups -OCH3 is 1. The molecule has 3 aromatic rings. The Labute approximate surface area is 183 Å². The molecule has 0 saturated carbocycles. The van der Waals surface area contributed by atoms with E-state index in [9.17, 15) is 25.6 Å². The van der Waals surface area contributed by atoms with Gasteiger partial charge in [-0.1, -0.05) is 18.2 Å². The zero-order chi connectivity index (χ0) is 23.7. The van der Waals surface area contributed by atoms with Gasteiger partial charge in [0.05, 0.1) is 16.9 Å². The van der Waals surface area contributed by atoms with Crippen molar-refractivity contribution >= 4 is 20.0 Å². The van der Waals surface area contributed by atoms with Crippen molar-refractivity contribution in [3.8, 4) is 17.2 Å². The predicted molar refractivity (Wildman–Crippen MR) is 112 cm³/mol. The van der Waals surface area contributed by atoms with Crippen LogP contribution in [0.25, 0.3) is 0 Å². The molecule has 0 heterocycles. The number of ether oxygens (including phenoxy) is 2. The van der Waals surface area contributed by atoms with E-state index in [1.54, 1.807) is 24.3 Å². The largest absolute Gasteiger partial charge is 0.493 e. The lowest BCUT2D eigenvalue weighted by Gasteiger charge is -2.17. The highest BCUT2D eigenvalue weighted by molar-refractivity contribution is 7.91. The monoisotopic (exact) mass is 484 g/mol. The summed E-state index contributed by atoms with van der Waals surface area (Å²) in [7, 11) is -8.61. The van der Waals surface area contributed by atoms with E-state index in [-0.39, 0.29) is 10.5 Å². The molecule has 32 heavy (non-hydrogen) atoms. The Morgan fingerprint density at radius 2 is 1.41 bits per heavy atom. The number of aryl methyl sites for hydroxylation is 1. The van der Waals surface area contributed by atoms with E-state index in [2.05, 4.69) is 0 Å². The Bertz CT molecular complexity index is 1350. The van der Waals surface area contributed by atoms with Crippen LogP contribution in [-0.4, -0.2) is 28.5 Å². The average molecular weight is 484 g/mol. The Balaban J connectivity index is 1.96. The van der Waals surface area contributed by atoms with Crippen molar-refractivity contribution in [3.05, 3.63) is 77.9 Å². The van der Waals surface area contributed by atoms with Crippen molar-refractivity contribution in [2.75, 3.05) is 7.11 Å². The van der Waals surface area contributed by atoms with Gasteiger partial charge in [-0.25, -0.2) is 8.42 Å². The maximum Gasteiger partial charge on any atom is 0.395 e. The van der Waals surface area contributed by atoms with Crippen LogP contribution in [0.15, 0.2) is 76.5 Å². The molecular weight excluding hydrogens is 466 g/mol. The molecule has 0 aliphatic rings. The van der Waals surface area contributed by atoms with Crippen LogP contribution in [0.1, 0.15) is 11.1 Å². The van der Waals surface area contributed by atoms with Crippen LogP contribution in [0.4, 0.5) is 8.78 Å². The third-order valence-electron chi connectivity index (χ3n) is 4.59. The minimum atomic E-state index is -5.80. The lowest BCUT2D eigenvalue weighted by atomic mass is 10.1. The fourth-order valence-electron chi connectivity index (χ4n) is 2.87. The summed E-state index contributed by atoms with van der Waals surface area (Å²) in [5.74, 6) is 1.17. The number of para-hydroxylation sites is 2. The van der Waals surface area contributed by atoms with Gasteiger partial charge < -0.3 is 9.47 Å². The lowest BCUT2D eigenvalue weighted by molar-refractivity contribution is 0.0780. The molecule has 0 amide bonds. The highest BCUT2D eigenvalue weighted by atomic mass is 32.2. The van der Waals surface area contributed by atoms with Crippen LogP contribution in [0.5, 0.6) is 17.2 Å². The van der Waals surface area contributed by atoms with E-state index < -0.39 is 35.7 Å².